The monoisotopic (exact) mass is 306 g/mol. The van der Waals surface area contributed by atoms with E-state index in [2.05, 4.69) is 10.1 Å². The van der Waals surface area contributed by atoms with Gasteiger partial charge in [0.2, 0.25) is 0 Å². The van der Waals surface area contributed by atoms with Crippen molar-refractivity contribution in [2.24, 2.45) is 11.8 Å². The van der Waals surface area contributed by atoms with Crippen molar-refractivity contribution in [2.75, 3.05) is 19.6 Å². The van der Waals surface area contributed by atoms with Gasteiger partial charge in [-0.15, -0.1) is 11.3 Å². The Kier molecular flexibility index (Phi) is 3.23. The van der Waals surface area contributed by atoms with Gasteiger partial charge in [0, 0.05) is 12.5 Å². The zero-order valence-corrected chi connectivity index (χ0v) is 12.5. The molecule has 0 radical (unpaired) electrons. The van der Waals surface area contributed by atoms with Gasteiger partial charge >= 0.3 is 5.97 Å². The van der Waals surface area contributed by atoms with Gasteiger partial charge in [-0.1, -0.05) is 5.16 Å². The number of hydrogen-bond donors (Lipinski definition) is 1. The summed E-state index contributed by atoms with van der Waals surface area (Å²) in [6, 6.07) is 1.98. The quantitative estimate of drug-likeness (QED) is 0.941. The van der Waals surface area contributed by atoms with Crippen molar-refractivity contribution in [3.05, 3.63) is 17.1 Å². The molecule has 2 atom stereocenters. The van der Waals surface area contributed by atoms with Crippen LogP contribution in [0.15, 0.2) is 16.0 Å². The van der Waals surface area contributed by atoms with Crippen molar-refractivity contribution in [3.8, 4) is 0 Å². The molecule has 3 heterocycles. The van der Waals surface area contributed by atoms with E-state index < -0.39 is 5.97 Å². The fourth-order valence-corrected chi connectivity index (χ4v) is 4.30. The number of aliphatic carboxylic acids is 1. The van der Waals surface area contributed by atoms with Gasteiger partial charge in [-0.25, -0.2) is 0 Å². The second-order valence-electron chi connectivity index (χ2n) is 6.20. The molecule has 0 amide bonds. The van der Waals surface area contributed by atoms with E-state index in [1.807, 2.05) is 11.4 Å². The highest BCUT2D eigenvalue weighted by atomic mass is 32.1. The predicted octanol–water partition coefficient (Wildman–Crippen LogP) is 2.79. The number of piperidine rings is 1. The lowest BCUT2D eigenvalue weighted by Crippen LogP contribution is -2.35. The Bertz CT molecular complexity index is 657. The maximum atomic E-state index is 10.9. The van der Waals surface area contributed by atoms with E-state index in [0.717, 1.165) is 50.2 Å². The van der Waals surface area contributed by atoms with Crippen LogP contribution in [0.25, 0.3) is 10.3 Å². The highest BCUT2D eigenvalue weighted by molar-refractivity contribution is 7.17. The molecule has 1 N–H and O–H groups in total. The first-order valence-electron chi connectivity index (χ1n) is 7.50. The first-order chi connectivity index (χ1) is 10.2. The van der Waals surface area contributed by atoms with Gasteiger partial charge in [0.25, 0.3) is 0 Å². The Hall–Kier alpha value is -1.40. The molecule has 1 saturated heterocycles. The SMILES string of the molecule is O=C(O)[C@@H]1C[C@H]1CN1CCC(c2noc3ccsc23)CC1. The van der Waals surface area contributed by atoms with Gasteiger partial charge < -0.3 is 14.5 Å². The summed E-state index contributed by atoms with van der Waals surface area (Å²) >= 11 is 1.70. The van der Waals surface area contributed by atoms with Gasteiger partial charge in [0.15, 0.2) is 5.58 Å². The van der Waals surface area contributed by atoms with E-state index >= 15 is 0 Å². The lowest BCUT2D eigenvalue weighted by molar-refractivity contribution is -0.138. The number of likely N-dealkylation sites (tertiary alicyclic amines) is 1. The van der Waals surface area contributed by atoms with Crippen LogP contribution in [-0.4, -0.2) is 40.8 Å². The fourth-order valence-electron chi connectivity index (χ4n) is 3.43. The normalized spacial score (nSPS) is 27.2. The van der Waals surface area contributed by atoms with Gasteiger partial charge in [-0.05, 0) is 49.7 Å². The second kappa shape index (κ2) is 5.10. The third kappa shape index (κ3) is 2.46. The highest BCUT2D eigenvalue weighted by Crippen LogP contribution is 2.41. The summed E-state index contributed by atoms with van der Waals surface area (Å²) in [5, 5.41) is 15.3. The molecule has 6 heteroatoms. The number of fused-ring (bicyclic) bond motifs is 1. The maximum Gasteiger partial charge on any atom is 0.306 e. The van der Waals surface area contributed by atoms with Crippen molar-refractivity contribution in [3.63, 3.8) is 0 Å². The molecule has 0 unspecified atom stereocenters. The van der Waals surface area contributed by atoms with Crippen LogP contribution in [0.4, 0.5) is 0 Å². The number of carbonyl (C=O) groups is 1. The van der Waals surface area contributed by atoms with E-state index in [1.54, 1.807) is 11.3 Å². The number of carboxylic acids is 1. The molecular formula is C15H18N2O3S. The number of thiophene rings is 1. The summed E-state index contributed by atoms with van der Waals surface area (Å²) in [6.45, 7) is 3.01. The van der Waals surface area contributed by atoms with Crippen LogP contribution in [0.3, 0.4) is 0 Å². The van der Waals surface area contributed by atoms with E-state index in [4.69, 9.17) is 9.63 Å². The topological polar surface area (TPSA) is 66.6 Å². The van der Waals surface area contributed by atoms with Crippen molar-refractivity contribution in [1.29, 1.82) is 0 Å². The minimum atomic E-state index is -0.627. The lowest BCUT2D eigenvalue weighted by Gasteiger charge is -2.31. The van der Waals surface area contributed by atoms with Crippen molar-refractivity contribution in [1.82, 2.24) is 10.1 Å². The standard InChI is InChI=1S/C15H18N2O3S/c18-15(19)11-7-10(11)8-17-4-1-9(2-5-17)13-14-12(20-16-13)3-6-21-14/h3,6,9-11H,1-2,4-5,7-8H2,(H,18,19)/t10-,11+/m0/s1. The summed E-state index contributed by atoms with van der Waals surface area (Å²) in [5.74, 6) is 0.132. The summed E-state index contributed by atoms with van der Waals surface area (Å²) in [6.07, 6.45) is 3.03. The Morgan fingerprint density at radius 1 is 1.48 bits per heavy atom. The maximum absolute atomic E-state index is 10.9. The first-order valence-corrected chi connectivity index (χ1v) is 8.38. The molecule has 5 nitrogen and oxygen atoms in total. The Labute approximate surface area is 126 Å². The summed E-state index contributed by atoms with van der Waals surface area (Å²) in [5.41, 5.74) is 2.02. The summed E-state index contributed by atoms with van der Waals surface area (Å²) in [7, 11) is 0. The van der Waals surface area contributed by atoms with E-state index in [-0.39, 0.29) is 5.92 Å². The number of rotatable bonds is 4. The predicted molar refractivity (Wildman–Crippen MR) is 79.5 cm³/mol. The van der Waals surface area contributed by atoms with Crippen LogP contribution in [0.1, 0.15) is 30.9 Å². The molecule has 1 saturated carbocycles. The van der Waals surface area contributed by atoms with Crippen molar-refractivity contribution >= 4 is 27.6 Å². The average molecular weight is 306 g/mol. The fraction of sp³-hybridized carbons (Fsp3) is 0.600. The molecule has 112 valence electrons. The van der Waals surface area contributed by atoms with Crippen LogP contribution < -0.4 is 0 Å². The second-order valence-corrected chi connectivity index (χ2v) is 7.11. The molecule has 0 spiro atoms. The first kappa shape index (κ1) is 13.3. The molecule has 0 aromatic carbocycles. The van der Waals surface area contributed by atoms with Crippen molar-refractivity contribution < 1.29 is 14.4 Å². The average Bonchev–Trinajstić information content (AvgIpc) is 2.92. The van der Waals surface area contributed by atoms with Crippen LogP contribution in [0.2, 0.25) is 0 Å². The number of nitrogens with zero attached hydrogens (tertiary/aromatic N) is 2. The van der Waals surface area contributed by atoms with Crippen LogP contribution >= 0.6 is 11.3 Å². The molecule has 1 aliphatic carbocycles. The third-order valence-electron chi connectivity index (χ3n) is 4.81. The number of aromatic nitrogens is 1. The largest absolute Gasteiger partial charge is 0.481 e. The Morgan fingerprint density at radius 3 is 3.00 bits per heavy atom. The Morgan fingerprint density at radius 2 is 2.29 bits per heavy atom. The molecular weight excluding hydrogens is 288 g/mol. The van der Waals surface area contributed by atoms with E-state index in [0.29, 0.717) is 11.8 Å². The minimum absolute atomic E-state index is 0.0935. The number of carboxylic acid groups (broad SMARTS) is 1. The highest BCUT2D eigenvalue weighted by Gasteiger charge is 2.44. The van der Waals surface area contributed by atoms with Crippen LogP contribution in [0.5, 0.6) is 0 Å². The van der Waals surface area contributed by atoms with E-state index in [1.165, 1.54) is 4.70 Å². The van der Waals surface area contributed by atoms with Gasteiger partial charge in [0.05, 0.1) is 10.6 Å². The molecule has 1 aliphatic heterocycles. The van der Waals surface area contributed by atoms with Crippen LogP contribution in [0, 0.1) is 11.8 Å². The summed E-state index contributed by atoms with van der Waals surface area (Å²) < 4.78 is 6.56. The molecule has 2 fully saturated rings. The van der Waals surface area contributed by atoms with Gasteiger partial charge in [0.1, 0.15) is 5.69 Å². The zero-order valence-electron chi connectivity index (χ0n) is 11.7. The van der Waals surface area contributed by atoms with Gasteiger partial charge in [-0.3, -0.25) is 4.79 Å². The zero-order chi connectivity index (χ0) is 14.4. The minimum Gasteiger partial charge on any atom is -0.481 e. The molecule has 4 rings (SSSR count). The van der Waals surface area contributed by atoms with Crippen LogP contribution in [-0.2, 0) is 4.79 Å². The molecule has 2 aromatic heterocycles. The third-order valence-corrected chi connectivity index (χ3v) is 5.73. The number of hydrogen-bond acceptors (Lipinski definition) is 5. The molecule has 0 bridgehead atoms. The Balaban J connectivity index is 1.35. The molecule has 2 aromatic rings. The summed E-state index contributed by atoms with van der Waals surface area (Å²) in [4.78, 5) is 13.3. The smallest absolute Gasteiger partial charge is 0.306 e. The van der Waals surface area contributed by atoms with E-state index in [9.17, 15) is 4.79 Å². The van der Waals surface area contributed by atoms with Gasteiger partial charge in [-0.2, -0.15) is 0 Å². The van der Waals surface area contributed by atoms with Crippen molar-refractivity contribution in [2.45, 2.75) is 25.2 Å². The molecule has 21 heavy (non-hydrogen) atoms. The molecule has 2 aliphatic rings. The lowest BCUT2D eigenvalue weighted by atomic mass is 9.93.